The van der Waals surface area contributed by atoms with Crippen molar-refractivity contribution in [1.29, 1.82) is 0 Å². The standard InChI is InChI=1S/C9H14O4S/c1-4-12-8(10)7(6(3)14)9(11)13-5-2/h14H,4-5H2,1-3H3. The normalized spacial score (nSPS) is 9.14. The molecule has 0 aliphatic rings. The van der Waals surface area contributed by atoms with Crippen LogP contribution in [0.4, 0.5) is 0 Å². The van der Waals surface area contributed by atoms with Crippen molar-refractivity contribution in [3.63, 3.8) is 0 Å². The first-order valence-electron chi connectivity index (χ1n) is 4.28. The van der Waals surface area contributed by atoms with Crippen LogP contribution in [0.3, 0.4) is 0 Å². The number of hydrogen-bond acceptors (Lipinski definition) is 5. The highest BCUT2D eigenvalue weighted by Gasteiger charge is 2.22. The fourth-order valence-corrected chi connectivity index (χ4v) is 0.968. The van der Waals surface area contributed by atoms with Crippen molar-refractivity contribution in [2.45, 2.75) is 20.8 Å². The molecule has 0 bridgehead atoms. The Labute approximate surface area is 88.7 Å². The predicted molar refractivity (Wildman–Crippen MR) is 55.0 cm³/mol. The second kappa shape index (κ2) is 6.48. The average molecular weight is 218 g/mol. The highest BCUT2D eigenvalue weighted by atomic mass is 32.1. The molecule has 0 rings (SSSR count). The number of esters is 2. The molecule has 0 aromatic carbocycles. The van der Waals surface area contributed by atoms with Crippen molar-refractivity contribution in [2.75, 3.05) is 13.2 Å². The first-order chi connectivity index (χ1) is 6.54. The molecular weight excluding hydrogens is 204 g/mol. The largest absolute Gasteiger partial charge is 0.462 e. The number of hydrogen-bond donors (Lipinski definition) is 1. The average Bonchev–Trinajstić information content (AvgIpc) is 2.04. The van der Waals surface area contributed by atoms with Gasteiger partial charge in [0.15, 0.2) is 5.57 Å². The summed E-state index contributed by atoms with van der Waals surface area (Å²) in [5, 5.41) is 0. The molecule has 0 aliphatic heterocycles. The molecule has 0 aliphatic carbocycles. The lowest BCUT2D eigenvalue weighted by molar-refractivity contribution is -0.146. The molecule has 0 aromatic heterocycles. The fraction of sp³-hybridized carbons (Fsp3) is 0.556. The van der Waals surface area contributed by atoms with E-state index in [1.165, 1.54) is 6.92 Å². The second-order valence-electron chi connectivity index (χ2n) is 2.40. The Hall–Kier alpha value is -0.970. The van der Waals surface area contributed by atoms with Crippen LogP contribution in [0.1, 0.15) is 20.8 Å². The van der Waals surface area contributed by atoms with Crippen molar-refractivity contribution in [3.8, 4) is 0 Å². The Morgan fingerprint density at radius 2 is 1.43 bits per heavy atom. The van der Waals surface area contributed by atoms with Gasteiger partial charge in [0.2, 0.25) is 0 Å². The van der Waals surface area contributed by atoms with Gasteiger partial charge in [-0.1, -0.05) is 0 Å². The molecule has 0 heterocycles. The van der Waals surface area contributed by atoms with Crippen LogP contribution >= 0.6 is 12.6 Å². The molecule has 0 radical (unpaired) electrons. The molecule has 0 amide bonds. The molecule has 0 atom stereocenters. The molecule has 14 heavy (non-hydrogen) atoms. The maximum absolute atomic E-state index is 11.3. The smallest absolute Gasteiger partial charge is 0.346 e. The number of carbonyl (C=O) groups excluding carboxylic acids is 2. The minimum absolute atomic E-state index is 0.142. The van der Waals surface area contributed by atoms with Gasteiger partial charge in [0.05, 0.1) is 13.2 Å². The third-order valence-corrected chi connectivity index (χ3v) is 1.54. The first-order valence-corrected chi connectivity index (χ1v) is 4.73. The SMILES string of the molecule is CCOC(=O)C(C(=O)OCC)=C(C)S. The maximum Gasteiger partial charge on any atom is 0.346 e. The number of rotatable bonds is 4. The van der Waals surface area contributed by atoms with E-state index in [0.29, 0.717) is 4.91 Å². The molecule has 0 fully saturated rings. The van der Waals surface area contributed by atoms with Crippen LogP contribution in [0.15, 0.2) is 10.5 Å². The van der Waals surface area contributed by atoms with Crippen molar-refractivity contribution in [2.24, 2.45) is 0 Å². The van der Waals surface area contributed by atoms with Crippen molar-refractivity contribution in [3.05, 3.63) is 10.5 Å². The topological polar surface area (TPSA) is 52.6 Å². The van der Waals surface area contributed by atoms with Gasteiger partial charge in [0.25, 0.3) is 0 Å². The van der Waals surface area contributed by atoms with Gasteiger partial charge in [0, 0.05) is 4.91 Å². The monoisotopic (exact) mass is 218 g/mol. The molecule has 0 saturated carbocycles. The van der Waals surface area contributed by atoms with Gasteiger partial charge in [-0.3, -0.25) is 0 Å². The fourth-order valence-electron chi connectivity index (χ4n) is 0.785. The van der Waals surface area contributed by atoms with Gasteiger partial charge >= 0.3 is 11.9 Å². The molecule has 0 N–H and O–H groups in total. The summed E-state index contributed by atoms with van der Waals surface area (Å²) in [5.41, 5.74) is -0.142. The van der Waals surface area contributed by atoms with E-state index in [4.69, 9.17) is 0 Å². The highest BCUT2D eigenvalue weighted by molar-refractivity contribution is 7.84. The van der Waals surface area contributed by atoms with Crippen LogP contribution < -0.4 is 0 Å². The molecule has 0 spiro atoms. The minimum Gasteiger partial charge on any atom is -0.462 e. The summed E-state index contributed by atoms with van der Waals surface area (Å²) in [4.78, 5) is 22.8. The van der Waals surface area contributed by atoms with E-state index < -0.39 is 11.9 Å². The van der Waals surface area contributed by atoms with E-state index in [9.17, 15) is 9.59 Å². The van der Waals surface area contributed by atoms with Crippen molar-refractivity contribution in [1.82, 2.24) is 0 Å². The van der Waals surface area contributed by atoms with Crippen LogP contribution in [0.2, 0.25) is 0 Å². The summed E-state index contributed by atoms with van der Waals surface area (Å²) < 4.78 is 9.37. The molecule has 80 valence electrons. The zero-order valence-electron chi connectivity index (χ0n) is 8.49. The van der Waals surface area contributed by atoms with E-state index in [2.05, 4.69) is 22.1 Å². The second-order valence-corrected chi connectivity index (χ2v) is 3.07. The molecule has 0 aromatic rings. The summed E-state index contributed by atoms with van der Waals surface area (Å²) in [6.07, 6.45) is 0. The molecule has 0 unspecified atom stereocenters. The van der Waals surface area contributed by atoms with Crippen LogP contribution in [0, 0.1) is 0 Å². The van der Waals surface area contributed by atoms with Gasteiger partial charge in [-0.25, -0.2) is 9.59 Å². The Morgan fingerprint density at radius 1 is 1.07 bits per heavy atom. The molecule has 0 saturated heterocycles. The van der Waals surface area contributed by atoms with E-state index in [1.807, 2.05) is 0 Å². The number of ether oxygens (including phenoxy) is 2. The van der Waals surface area contributed by atoms with E-state index in [0.717, 1.165) is 0 Å². The lowest BCUT2D eigenvalue weighted by Crippen LogP contribution is -2.19. The van der Waals surface area contributed by atoms with Gasteiger partial charge in [0.1, 0.15) is 0 Å². The van der Waals surface area contributed by atoms with Crippen LogP contribution in [-0.2, 0) is 19.1 Å². The number of carbonyl (C=O) groups is 2. The van der Waals surface area contributed by atoms with Crippen LogP contribution in [0.25, 0.3) is 0 Å². The quantitative estimate of drug-likeness (QED) is 0.254. The van der Waals surface area contributed by atoms with Gasteiger partial charge < -0.3 is 9.47 Å². The van der Waals surface area contributed by atoms with E-state index in [1.54, 1.807) is 13.8 Å². The van der Waals surface area contributed by atoms with Crippen molar-refractivity contribution >= 4 is 24.6 Å². The lowest BCUT2D eigenvalue weighted by Gasteiger charge is -2.07. The Morgan fingerprint density at radius 3 is 1.64 bits per heavy atom. The third kappa shape index (κ3) is 3.83. The maximum atomic E-state index is 11.3. The van der Waals surface area contributed by atoms with Crippen molar-refractivity contribution < 1.29 is 19.1 Å². The first kappa shape index (κ1) is 13.0. The van der Waals surface area contributed by atoms with Crippen LogP contribution in [0.5, 0.6) is 0 Å². The van der Waals surface area contributed by atoms with Gasteiger partial charge in [-0.05, 0) is 20.8 Å². The Balaban J connectivity index is 4.71. The summed E-state index contributed by atoms with van der Waals surface area (Å²) in [7, 11) is 0. The Kier molecular flexibility index (Phi) is 6.03. The summed E-state index contributed by atoms with van der Waals surface area (Å²) >= 11 is 3.94. The number of allylic oxidation sites excluding steroid dienone is 1. The van der Waals surface area contributed by atoms with Gasteiger partial charge in [-0.15, -0.1) is 12.6 Å². The predicted octanol–water partition coefficient (Wildman–Crippen LogP) is 1.32. The molecular formula is C9H14O4S. The zero-order chi connectivity index (χ0) is 11.1. The lowest BCUT2D eigenvalue weighted by atomic mass is 10.2. The molecule has 5 heteroatoms. The minimum atomic E-state index is -0.696. The van der Waals surface area contributed by atoms with Gasteiger partial charge in [-0.2, -0.15) is 0 Å². The number of thiol groups is 1. The summed E-state index contributed by atoms with van der Waals surface area (Å²) in [6.45, 7) is 5.28. The summed E-state index contributed by atoms with van der Waals surface area (Å²) in [6, 6.07) is 0. The third-order valence-electron chi connectivity index (χ3n) is 1.32. The van der Waals surface area contributed by atoms with E-state index in [-0.39, 0.29) is 18.8 Å². The van der Waals surface area contributed by atoms with Crippen LogP contribution in [-0.4, -0.2) is 25.2 Å². The van der Waals surface area contributed by atoms with E-state index >= 15 is 0 Å². The summed E-state index contributed by atoms with van der Waals surface area (Å²) in [5.74, 6) is -1.39. The zero-order valence-corrected chi connectivity index (χ0v) is 9.39. The highest BCUT2D eigenvalue weighted by Crippen LogP contribution is 2.11. The molecule has 4 nitrogen and oxygen atoms in total. The Bertz CT molecular complexity index is 234.